The molecule has 0 bridgehead atoms. The van der Waals surface area contributed by atoms with E-state index in [1.165, 1.54) is 11.0 Å². The molecule has 92 valence electrons. The molecule has 1 aliphatic heterocycles. The lowest BCUT2D eigenvalue weighted by Gasteiger charge is -2.28. The highest BCUT2D eigenvalue weighted by Gasteiger charge is 2.31. The maximum atomic E-state index is 11.9. The number of anilines is 1. The number of amides is 1. The summed E-state index contributed by atoms with van der Waals surface area (Å²) in [6.07, 6.45) is 0. The van der Waals surface area contributed by atoms with E-state index in [4.69, 9.17) is 11.6 Å². The Morgan fingerprint density at radius 1 is 1.47 bits per heavy atom. The number of sulfone groups is 1. The second-order valence-electron chi connectivity index (χ2n) is 3.61. The standard InChI is InChI=1S/C10H9BrClNO3S/c11-7-1-2-8-9(5-7)17(15,16)4-3-13(8)10(14)6-12/h1-2,5H,3-4,6H2. The molecule has 0 unspecified atom stereocenters. The number of halogens is 2. The molecule has 1 aromatic rings. The third-order valence-corrected chi connectivity index (χ3v) is 4.99. The third-order valence-electron chi connectivity index (χ3n) is 2.55. The van der Waals surface area contributed by atoms with Crippen molar-refractivity contribution in [1.82, 2.24) is 0 Å². The molecule has 7 heteroatoms. The summed E-state index contributed by atoms with van der Waals surface area (Å²) in [5.41, 5.74) is 0.408. The molecular formula is C10H9BrClNO3S. The minimum absolute atomic E-state index is 0.0704. The van der Waals surface area contributed by atoms with Gasteiger partial charge in [-0.05, 0) is 18.2 Å². The predicted octanol–water partition coefficient (Wildman–Crippen LogP) is 1.81. The van der Waals surface area contributed by atoms with Crippen LogP contribution in [0.1, 0.15) is 0 Å². The second-order valence-corrected chi connectivity index (χ2v) is 6.87. The summed E-state index contributed by atoms with van der Waals surface area (Å²) in [5, 5.41) is 0. The van der Waals surface area contributed by atoms with Gasteiger partial charge in [-0.1, -0.05) is 15.9 Å². The molecule has 0 aromatic heterocycles. The van der Waals surface area contributed by atoms with Crippen LogP contribution >= 0.6 is 27.5 Å². The number of carbonyl (C=O) groups excluding carboxylic acids is 1. The van der Waals surface area contributed by atoms with Crippen LogP contribution in [0.3, 0.4) is 0 Å². The van der Waals surface area contributed by atoms with Gasteiger partial charge < -0.3 is 4.90 Å². The number of nitrogens with zero attached hydrogens (tertiary/aromatic N) is 1. The number of alkyl halides is 1. The van der Waals surface area contributed by atoms with Crippen molar-refractivity contribution in [2.75, 3.05) is 23.1 Å². The molecule has 0 atom stereocenters. The normalized spacial score (nSPS) is 17.6. The summed E-state index contributed by atoms with van der Waals surface area (Å²) in [7, 11) is -3.31. The van der Waals surface area contributed by atoms with Crippen LogP contribution in [0.25, 0.3) is 0 Å². The zero-order chi connectivity index (χ0) is 12.6. The first kappa shape index (κ1) is 12.9. The molecule has 17 heavy (non-hydrogen) atoms. The molecule has 1 aliphatic rings. The first-order valence-corrected chi connectivity index (χ1v) is 7.82. The minimum Gasteiger partial charge on any atom is -0.309 e. The van der Waals surface area contributed by atoms with Crippen molar-refractivity contribution in [3.63, 3.8) is 0 Å². The van der Waals surface area contributed by atoms with E-state index in [0.717, 1.165) is 0 Å². The van der Waals surface area contributed by atoms with Gasteiger partial charge in [0.1, 0.15) is 5.88 Å². The minimum atomic E-state index is -3.31. The highest BCUT2D eigenvalue weighted by atomic mass is 79.9. The summed E-state index contributed by atoms with van der Waals surface area (Å²) in [6, 6.07) is 4.83. The van der Waals surface area contributed by atoms with Gasteiger partial charge in [-0.15, -0.1) is 11.6 Å². The molecule has 1 amide bonds. The van der Waals surface area contributed by atoms with E-state index < -0.39 is 9.84 Å². The third kappa shape index (κ3) is 2.34. The van der Waals surface area contributed by atoms with Gasteiger partial charge in [0.25, 0.3) is 0 Å². The van der Waals surface area contributed by atoms with Gasteiger partial charge >= 0.3 is 0 Å². The van der Waals surface area contributed by atoms with E-state index in [9.17, 15) is 13.2 Å². The molecule has 2 rings (SSSR count). The van der Waals surface area contributed by atoms with Crippen molar-refractivity contribution >= 4 is 49.0 Å². The van der Waals surface area contributed by atoms with Gasteiger partial charge in [0, 0.05) is 11.0 Å². The Kier molecular flexibility index (Phi) is 3.47. The van der Waals surface area contributed by atoms with Gasteiger partial charge in [-0.25, -0.2) is 8.42 Å². The largest absolute Gasteiger partial charge is 0.309 e. The number of rotatable bonds is 1. The molecule has 0 N–H and O–H groups in total. The molecular weight excluding hydrogens is 330 g/mol. The number of benzene rings is 1. The summed E-state index contributed by atoms with van der Waals surface area (Å²) >= 11 is 8.73. The van der Waals surface area contributed by atoms with Gasteiger partial charge in [-0.3, -0.25) is 4.79 Å². The quantitative estimate of drug-likeness (QED) is 0.734. The van der Waals surface area contributed by atoms with Crippen molar-refractivity contribution in [3.05, 3.63) is 22.7 Å². The molecule has 0 spiro atoms. The number of fused-ring (bicyclic) bond motifs is 1. The smallest absolute Gasteiger partial charge is 0.241 e. The van der Waals surface area contributed by atoms with Crippen molar-refractivity contribution < 1.29 is 13.2 Å². The van der Waals surface area contributed by atoms with Crippen LogP contribution in [0.5, 0.6) is 0 Å². The van der Waals surface area contributed by atoms with E-state index in [0.29, 0.717) is 10.2 Å². The molecule has 0 radical (unpaired) electrons. The molecule has 0 fully saturated rings. The number of hydrogen-bond acceptors (Lipinski definition) is 3. The maximum Gasteiger partial charge on any atom is 0.241 e. The lowest BCUT2D eigenvalue weighted by Crippen LogP contribution is -2.40. The van der Waals surface area contributed by atoms with Crippen molar-refractivity contribution in [2.24, 2.45) is 0 Å². The topological polar surface area (TPSA) is 54.5 Å². The molecule has 0 saturated carbocycles. The Morgan fingerprint density at radius 3 is 2.82 bits per heavy atom. The van der Waals surface area contributed by atoms with Crippen LogP contribution in [-0.2, 0) is 14.6 Å². The SMILES string of the molecule is O=C(CCl)N1CCS(=O)(=O)c2cc(Br)ccc21. The Hall–Kier alpha value is -0.590. The van der Waals surface area contributed by atoms with Crippen LogP contribution in [0.2, 0.25) is 0 Å². The van der Waals surface area contributed by atoms with Gasteiger partial charge in [-0.2, -0.15) is 0 Å². The zero-order valence-electron chi connectivity index (χ0n) is 8.69. The summed E-state index contributed by atoms with van der Waals surface area (Å²) < 4.78 is 24.4. The molecule has 0 aliphatic carbocycles. The second kappa shape index (κ2) is 4.59. The Balaban J connectivity index is 2.60. The number of hydrogen-bond donors (Lipinski definition) is 0. The van der Waals surface area contributed by atoms with Crippen molar-refractivity contribution in [2.45, 2.75) is 4.90 Å². The fraction of sp³-hybridized carbons (Fsp3) is 0.300. The van der Waals surface area contributed by atoms with Gasteiger partial charge in [0.15, 0.2) is 9.84 Å². The van der Waals surface area contributed by atoms with Crippen molar-refractivity contribution in [1.29, 1.82) is 0 Å². The first-order valence-electron chi connectivity index (χ1n) is 4.84. The molecule has 0 saturated heterocycles. The van der Waals surface area contributed by atoms with E-state index in [1.807, 2.05) is 0 Å². The fourth-order valence-corrected chi connectivity index (χ4v) is 3.84. The molecule has 1 heterocycles. The molecule has 4 nitrogen and oxygen atoms in total. The first-order chi connectivity index (χ1) is 7.95. The predicted molar refractivity (Wildman–Crippen MR) is 69.3 cm³/mol. The lowest BCUT2D eigenvalue weighted by molar-refractivity contribution is -0.116. The zero-order valence-corrected chi connectivity index (χ0v) is 11.8. The Labute approximate surface area is 113 Å². The Morgan fingerprint density at radius 2 is 2.18 bits per heavy atom. The van der Waals surface area contributed by atoms with Gasteiger partial charge in [0.2, 0.25) is 5.91 Å². The highest BCUT2D eigenvalue weighted by Crippen LogP contribution is 2.32. The van der Waals surface area contributed by atoms with Crippen LogP contribution in [0, 0.1) is 0 Å². The summed E-state index contributed by atoms with van der Waals surface area (Å²) in [5.74, 6) is -0.514. The molecule has 1 aromatic carbocycles. The average Bonchev–Trinajstić information content (AvgIpc) is 2.29. The van der Waals surface area contributed by atoms with Crippen LogP contribution in [0.15, 0.2) is 27.6 Å². The van der Waals surface area contributed by atoms with Crippen LogP contribution < -0.4 is 4.90 Å². The van der Waals surface area contributed by atoms with Crippen molar-refractivity contribution in [3.8, 4) is 0 Å². The van der Waals surface area contributed by atoms with E-state index in [-0.39, 0.29) is 29.0 Å². The Bertz CT molecular complexity index is 573. The van der Waals surface area contributed by atoms with E-state index >= 15 is 0 Å². The van der Waals surface area contributed by atoms with Crippen LogP contribution in [-0.4, -0.2) is 32.5 Å². The lowest BCUT2D eigenvalue weighted by atomic mass is 10.2. The van der Waals surface area contributed by atoms with Crippen LogP contribution in [0.4, 0.5) is 5.69 Å². The number of carbonyl (C=O) groups is 1. The summed E-state index contributed by atoms with van der Waals surface area (Å²) in [6.45, 7) is 0.155. The monoisotopic (exact) mass is 337 g/mol. The van der Waals surface area contributed by atoms with E-state index in [1.54, 1.807) is 12.1 Å². The summed E-state index contributed by atoms with van der Waals surface area (Å²) in [4.78, 5) is 13.2. The fourth-order valence-electron chi connectivity index (χ4n) is 1.73. The average molecular weight is 339 g/mol. The van der Waals surface area contributed by atoms with Gasteiger partial charge in [0.05, 0.1) is 16.3 Å². The van der Waals surface area contributed by atoms with E-state index in [2.05, 4.69) is 15.9 Å². The highest BCUT2D eigenvalue weighted by molar-refractivity contribution is 9.10. The maximum absolute atomic E-state index is 11.9.